The number of ether oxygens (including phenoxy) is 2. The molecule has 18 heteroatoms. The average molecular weight is 818 g/mol. The Labute approximate surface area is 333 Å². The van der Waals surface area contributed by atoms with Crippen LogP contribution in [-0.2, 0) is 27.9 Å². The molecule has 0 aromatic carbocycles. The van der Waals surface area contributed by atoms with Gasteiger partial charge in [-0.1, -0.05) is 102 Å². The zero-order chi connectivity index (χ0) is 41.8. The van der Waals surface area contributed by atoms with Crippen molar-refractivity contribution in [3.8, 4) is 0 Å². The van der Waals surface area contributed by atoms with Crippen molar-refractivity contribution in [3.05, 3.63) is 43.0 Å². The first-order valence-corrected chi connectivity index (χ1v) is 22.0. The van der Waals surface area contributed by atoms with Crippen LogP contribution in [0.2, 0.25) is 0 Å². The van der Waals surface area contributed by atoms with E-state index in [1.807, 2.05) is 28.1 Å². The van der Waals surface area contributed by atoms with E-state index in [4.69, 9.17) is 29.2 Å². The molecule has 17 nitrogen and oxygen atoms in total. The molecule has 2 unspecified atom stereocenters. The molecular weight excluding hydrogens is 745 g/mol. The third-order valence-electron chi connectivity index (χ3n) is 9.41. The van der Waals surface area contributed by atoms with Gasteiger partial charge in [0.15, 0.2) is 0 Å². The van der Waals surface area contributed by atoms with Gasteiger partial charge in [0.25, 0.3) is 13.4 Å². The second-order valence-electron chi connectivity index (χ2n) is 15.5. The smallest absolute Gasteiger partial charge is 0.330 e. The van der Waals surface area contributed by atoms with E-state index in [0.29, 0.717) is 29.6 Å². The number of unbranched alkanes of at least 4 members (excludes halogenated alkanes) is 14. The molecule has 2 heterocycles. The summed E-state index contributed by atoms with van der Waals surface area (Å²) in [4.78, 5) is 52.0. The summed E-state index contributed by atoms with van der Waals surface area (Å²) in [5, 5.41) is 15.5. The first-order chi connectivity index (χ1) is 26.7. The van der Waals surface area contributed by atoms with Crippen molar-refractivity contribution in [2.24, 2.45) is 5.11 Å². The topological polar surface area (TPSA) is 230 Å². The zero-order valence-corrected chi connectivity index (χ0v) is 35.8. The molecule has 3 N–H and O–H groups in total. The quantitative estimate of drug-likeness (QED) is 0.0212. The first-order valence-electron chi connectivity index (χ1n) is 20.6. The number of azide groups is 1. The summed E-state index contributed by atoms with van der Waals surface area (Å²) in [6.07, 6.45) is 19.7. The van der Waals surface area contributed by atoms with Gasteiger partial charge >= 0.3 is 5.69 Å². The van der Waals surface area contributed by atoms with E-state index >= 15 is 0 Å². The minimum atomic E-state index is -4.40. The molecule has 0 bridgehead atoms. The maximum Gasteiger partial charge on any atom is 0.330 e. The summed E-state index contributed by atoms with van der Waals surface area (Å²) < 4.78 is 34.7. The highest BCUT2D eigenvalue weighted by Crippen LogP contribution is 2.38. The molecular formula is C38H72N7O10P. The maximum absolute atomic E-state index is 12.2. The molecule has 0 spiro atoms. The van der Waals surface area contributed by atoms with Gasteiger partial charge in [-0.3, -0.25) is 23.7 Å². The van der Waals surface area contributed by atoms with E-state index in [1.165, 1.54) is 94.2 Å². The maximum atomic E-state index is 12.2. The Morgan fingerprint density at radius 1 is 1.05 bits per heavy atom. The number of nitrogens with one attached hydrogen (secondary N) is 2. The number of aromatic amines is 1. The highest BCUT2D eigenvalue weighted by molar-refractivity contribution is 7.45. The Balaban J connectivity index is 0.000000682. The van der Waals surface area contributed by atoms with Crippen LogP contribution in [0.5, 0.6) is 0 Å². The number of aryl methyl sites for hydroxylation is 1. The van der Waals surface area contributed by atoms with Crippen molar-refractivity contribution in [3.63, 3.8) is 0 Å². The Morgan fingerprint density at radius 2 is 1.62 bits per heavy atom. The molecule has 5 atom stereocenters. The normalized spacial score (nSPS) is 18.4. The van der Waals surface area contributed by atoms with E-state index in [2.05, 4.69) is 27.3 Å². The second-order valence-corrected chi connectivity index (χ2v) is 16.9. The molecule has 1 amide bonds. The summed E-state index contributed by atoms with van der Waals surface area (Å²) in [5.74, 6) is -0.0381. The van der Waals surface area contributed by atoms with Crippen molar-refractivity contribution in [2.75, 3.05) is 60.7 Å². The third kappa shape index (κ3) is 24.2. The number of hydrogen-bond acceptors (Lipinski definition) is 11. The summed E-state index contributed by atoms with van der Waals surface area (Å²) in [5.41, 5.74) is 7.76. The fourth-order valence-corrected chi connectivity index (χ4v) is 6.78. The molecule has 1 aliphatic rings. The van der Waals surface area contributed by atoms with Gasteiger partial charge in [-0.15, -0.1) is 0 Å². The molecule has 0 saturated carbocycles. The molecule has 1 saturated heterocycles. The van der Waals surface area contributed by atoms with Crippen molar-refractivity contribution in [2.45, 2.75) is 154 Å². The van der Waals surface area contributed by atoms with Crippen LogP contribution in [0.3, 0.4) is 0 Å². The fraction of sp³-hybridized carbons (Fsp3) is 0.868. The Hall–Kier alpha value is -2.59. The minimum absolute atomic E-state index is 0.0381. The van der Waals surface area contributed by atoms with Crippen LogP contribution >= 0.6 is 7.82 Å². The molecule has 1 fully saturated rings. The Bertz CT molecular complexity index is 1430. The highest BCUT2D eigenvalue weighted by Gasteiger charge is 2.35. The number of nitrogens with zero attached hydrogens (tertiary/aromatic N) is 5. The number of aliphatic hydroxyl groups excluding tert-OH is 1. The lowest BCUT2D eigenvalue weighted by Gasteiger charge is -2.28. The number of quaternary nitrogens is 1. The largest absolute Gasteiger partial charge is 0.756 e. The molecule has 0 radical (unpaired) electrons. The number of phosphoric ester groups is 1. The number of rotatable bonds is 30. The number of amides is 1. The number of aromatic nitrogens is 2. The lowest BCUT2D eigenvalue weighted by molar-refractivity contribution is -0.870. The molecule has 1 aliphatic heterocycles. The average Bonchev–Trinajstić information content (AvgIpc) is 3.55. The predicted molar refractivity (Wildman–Crippen MR) is 215 cm³/mol. The fourth-order valence-electron chi connectivity index (χ4n) is 6.05. The lowest BCUT2D eigenvalue weighted by Crippen LogP contribution is -2.38. The number of phosphoric acid groups is 1. The summed E-state index contributed by atoms with van der Waals surface area (Å²) in [6.45, 7) is 6.37. The Kier molecular flexibility index (Phi) is 27.2. The van der Waals surface area contributed by atoms with Gasteiger partial charge in [0.05, 0.1) is 52.6 Å². The van der Waals surface area contributed by atoms with Gasteiger partial charge < -0.3 is 38.3 Å². The van der Waals surface area contributed by atoms with Gasteiger partial charge in [-0.25, -0.2) is 4.79 Å². The molecule has 1 aromatic rings. The molecule has 0 aliphatic carbocycles. The zero-order valence-electron chi connectivity index (χ0n) is 35.0. The number of carbonyl (C=O) groups is 1. The van der Waals surface area contributed by atoms with E-state index in [-0.39, 0.29) is 38.7 Å². The molecule has 324 valence electrons. The van der Waals surface area contributed by atoms with Crippen LogP contribution < -0.4 is 21.5 Å². The molecule has 56 heavy (non-hydrogen) atoms. The van der Waals surface area contributed by atoms with Gasteiger partial charge in [0.2, 0.25) is 5.91 Å². The number of hydrogen-bond donors (Lipinski definition) is 3. The van der Waals surface area contributed by atoms with Crippen molar-refractivity contribution < 1.29 is 42.4 Å². The Morgan fingerprint density at radius 3 is 2.14 bits per heavy atom. The standard InChI is InChI=1S/C28H59N2O6P.C10H13N5O4/c1-6-8-9-10-11-12-13-14-15-16-17-18-19-20-21-22-28(31)29-25-27(34-7-2)26-36-37(32,33)35-24-23-30(3,4)5;1-5-3-15(10(18)12-9(5)17)8-2-6(13-14-11)7(4-16)19-8/h27H,6-26H2,1-5H3,(H-,29,31,32,33);3,6-8,16H,2,4H2,1H3,(H,12,17,18)/t;6-,7+,8+/m.0/s1. The molecule has 1 aromatic heterocycles. The van der Waals surface area contributed by atoms with Crippen molar-refractivity contribution >= 4 is 13.7 Å². The monoisotopic (exact) mass is 818 g/mol. The minimum Gasteiger partial charge on any atom is -0.756 e. The summed E-state index contributed by atoms with van der Waals surface area (Å²) >= 11 is 0. The van der Waals surface area contributed by atoms with E-state index in [9.17, 15) is 23.8 Å². The first kappa shape index (κ1) is 51.4. The van der Waals surface area contributed by atoms with Gasteiger partial charge in [-0.2, -0.15) is 0 Å². The predicted octanol–water partition coefficient (Wildman–Crippen LogP) is 5.78. The summed E-state index contributed by atoms with van der Waals surface area (Å²) in [6, 6.07) is -0.542. The SMILES string of the molecule is CCCCCCCCCCCCCCCCCC(=O)NCC(COP(=O)([O-])OCC[N+](C)(C)C)OCC.Cc1cn([C@H]2C[C@H](N=[N+]=[N-])[C@@H](CO)O2)c(=O)[nH]c1=O. The number of likely N-dealkylation sites (N-methyl/N-ethyl adjacent to an activating group) is 1. The van der Waals surface area contributed by atoms with Crippen molar-refractivity contribution in [1.29, 1.82) is 0 Å². The van der Waals surface area contributed by atoms with Crippen LogP contribution in [0.1, 0.15) is 135 Å². The molecule has 2 rings (SSSR count). The van der Waals surface area contributed by atoms with Crippen LogP contribution in [0.4, 0.5) is 0 Å². The summed E-state index contributed by atoms with van der Waals surface area (Å²) in [7, 11) is 1.45. The van der Waals surface area contributed by atoms with Crippen molar-refractivity contribution in [1.82, 2.24) is 14.9 Å². The highest BCUT2D eigenvalue weighted by atomic mass is 31.2. The van der Waals surface area contributed by atoms with Gasteiger partial charge in [0, 0.05) is 42.7 Å². The number of H-pyrrole nitrogens is 1. The van der Waals surface area contributed by atoms with Crippen LogP contribution in [0.15, 0.2) is 20.9 Å². The lowest BCUT2D eigenvalue weighted by atomic mass is 10.0. The van der Waals surface area contributed by atoms with Crippen LogP contribution in [0, 0.1) is 6.92 Å². The number of carbonyl (C=O) groups excluding carboxylic acids is 1. The van der Waals surface area contributed by atoms with Crippen LogP contribution in [-0.4, -0.2) is 104 Å². The van der Waals surface area contributed by atoms with E-state index in [0.717, 1.165) is 12.8 Å². The second kappa shape index (κ2) is 29.6. The number of aliphatic hydroxyl groups is 1. The van der Waals surface area contributed by atoms with Gasteiger partial charge in [0.1, 0.15) is 19.4 Å². The third-order valence-corrected chi connectivity index (χ3v) is 10.4. The van der Waals surface area contributed by atoms with Gasteiger partial charge in [-0.05, 0) is 25.8 Å². The van der Waals surface area contributed by atoms with Crippen LogP contribution in [0.25, 0.3) is 10.4 Å². The van der Waals surface area contributed by atoms with E-state index < -0.39 is 43.5 Å². The van der Waals surface area contributed by atoms with E-state index in [1.54, 1.807) is 6.92 Å².